The quantitative estimate of drug-likeness (QED) is 0.867. The van der Waals surface area contributed by atoms with Gasteiger partial charge in [-0.05, 0) is 42.3 Å². The number of benzene rings is 2. The Bertz CT molecular complexity index is 722. The van der Waals surface area contributed by atoms with Crippen LogP contribution < -0.4 is 10.2 Å². The van der Waals surface area contributed by atoms with Gasteiger partial charge in [0.2, 0.25) is 0 Å². The standard InChI is InChI=1S/C21H27N3O2/c1-23(2)20-5-3-4-18(16-20)21(25)22-19-8-6-17(7-9-19)10-11-24-12-14-26-15-13-24/h3-9,16H,10-15H2,1-2H3,(H,22,25). The number of rotatable bonds is 6. The summed E-state index contributed by atoms with van der Waals surface area (Å²) in [4.78, 5) is 16.9. The van der Waals surface area contributed by atoms with Crippen LogP contribution in [0.2, 0.25) is 0 Å². The van der Waals surface area contributed by atoms with Crippen molar-refractivity contribution in [3.63, 3.8) is 0 Å². The van der Waals surface area contributed by atoms with Crippen molar-refractivity contribution in [1.29, 1.82) is 0 Å². The molecule has 2 aromatic carbocycles. The molecule has 1 saturated heterocycles. The largest absolute Gasteiger partial charge is 0.379 e. The normalized spacial score (nSPS) is 14.8. The van der Waals surface area contributed by atoms with E-state index in [0.29, 0.717) is 5.56 Å². The Morgan fingerprint density at radius 1 is 1.12 bits per heavy atom. The molecule has 138 valence electrons. The molecule has 0 radical (unpaired) electrons. The van der Waals surface area contributed by atoms with Gasteiger partial charge < -0.3 is 15.0 Å². The lowest BCUT2D eigenvalue weighted by atomic mass is 10.1. The highest BCUT2D eigenvalue weighted by molar-refractivity contribution is 6.04. The highest BCUT2D eigenvalue weighted by Gasteiger charge is 2.10. The molecule has 1 amide bonds. The first-order valence-electron chi connectivity index (χ1n) is 9.09. The van der Waals surface area contributed by atoms with E-state index in [2.05, 4.69) is 22.3 Å². The number of ether oxygens (including phenoxy) is 1. The maximum Gasteiger partial charge on any atom is 0.255 e. The van der Waals surface area contributed by atoms with Gasteiger partial charge in [0.05, 0.1) is 13.2 Å². The van der Waals surface area contributed by atoms with E-state index in [-0.39, 0.29) is 5.91 Å². The molecule has 0 bridgehead atoms. The lowest BCUT2D eigenvalue weighted by molar-refractivity contribution is 0.0384. The van der Waals surface area contributed by atoms with E-state index in [1.807, 2.05) is 55.4 Å². The molecule has 26 heavy (non-hydrogen) atoms. The van der Waals surface area contributed by atoms with E-state index in [1.54, 1.807) is 0 Å². The summed E-state index contributed by atoms with van der Waals surface area (Å²) in [7, 11) is 3.93. The monoisotopic (exact) mass is 353 g/mol. The zero-order valence-corrected chi connectivity index (χ0v) is 15.6. The van der Waals surface area contributed by atoms with E-state index in [0.717, 1.165) is 50.6 Å². The predicted molar refractivity (Wildman–Crippen MR) is 106 cm³/mol. The van der Waals surface area contributed by atoms with Crippen LogP contribution in [0.5, 0.6) is 0 Å². The Hall–Kier alpha value is -2.37. The van der Waals surface area contributed by atoms with Crippen LogP contribution in [0.15, 0.2) is 48.5 Å². The molecule has 0 spiro atoms. The summed E-state index contributed by atoms with van der Waals surface area (Å²) in [6.07, 6.45) is 1.01. The zero-order chi connectivity index (χ0) is 18.4. The van der Waals surface area contributed by atoms with Gasteiger partial charge in [0.1, 0.15) is 0 Å². The second kappa shape index (κ2) is 8.83. The van der Waals surface area contributed by atoms with Crippen molar-refractivity contribution >= 4 is 17.3 Å². The topological polar surface area (TPSA) is 44.8 Å². The van der Waals surface area contributed by atoms with E-state index in [9.17, 15) is 4.79 Å². The number of nitrogens with zero attached hydrogens (tertiary/aromatic N) is 2. The van der Waals surface area contributed by atoms with Crippen molar-refractivity contribution in [1.82, 2.24) is 4.90 Å². The van der Waals surface area contributed by atoms with Crippen LogP contribution >= 0.6 is 0 Å². The van der Waals surface area contributed by atoms with E-state index >= 15 is 0 Å². The van der Waals surface area contributed by atoms with Crippen LogP contribution in [0, 0.1) is 0 Å². The maximum absolute atomic E-state index is 12.5. The average molecular weight is 353 g/mol. The molecule has 0 unspecified atom stereocenters. The van der Waals surface area contributed by atoms with Gasteiger partial charge in [0.15, 0.2) is 0 Å². The van der Waals surface area contributed by atoms with Crippen LogP contribution in [0.4, 0.5) is 11.4 Å². The number of carbonyl (C=O) groups is 1. The van der Waals surface area contributed by atoms with Gasteiger partial charge in [-0.15, -0.1) is 0 Å². The number of hydrogen-bond acceptors (Lipinski definition) is 4. The van der Waals surface area contributed by atoms with Crippen molar-refractivity contribution < 1.29 is 9.53 Å². The van der Waals surface area contributed by atoms with Gasteiger partial charge in [-0.1, -0.05) is 18.2 Å². The first-order chi connectivity index (χ1) is 12.6. The molecule has 5 heteroatoms. The Morgan fingerprint density at radius 2 is 1.85 bits per heavy atom. The summed E-state index contributed by atoms with van der Waals surface area (Å²) in [5, 5.41) is 2.97. The maximum atomic E-state index is 12.5. The van der Waals surface area contributed by atoms with Gasteiger partial charge >= 0.3 is 0 Å². The smallest absolute Gasteiger partial charge is 0.255 e. The van der Waals surface area contributed by atoms with Crippen LogP contribution in [-0.4, -0.2) is 57.8 Å². The van der Waals surface area contributed by atoms with E-state index in [4.69, 9.17) is 4.74 Å². The number of nitrogens with one attached hydrogen (secondary N) is 1. The van der Waals surface area contributed by atoms with Gasteiger partial charge in [0, 0.05) is 50.7 Å². The summed E-state index contributed by atoms with van der Waals surface area (Å²) in [5.74, 6) is -0.0882. The van der Waals surface area contributed by atoms with Crippen molar-refractivity contribution in [3.05, 3.63) is 59.7 Å². The van der Waals surface area contributed by atoms with Crippen LogP contribution in [-0.2, 0) is 11.2 Å². The van der Waals surface area contributed by atoms with Crippen molar-refractivity contribution in [3.8, 4) is 0 Å². The number of carbonyl (C=O) groups excluding carboxylic acids is 1. The Morgan fingerprint density at radius 3 is 2.54 bits per heavy atom. The SMILES string of the molecule is CN(C)c1cccc(C(=O)Nc2ccc(CCN3CCOCC3)cc2)c1. The first-order valence-corrected chi connectivity index (χ1v) is 9.09. The van der Waals surface area contributed by atoms with Crippen molar-refractivity contribution in [2.75, 3.05) is 57.2 Å². The highest BCUT2D eigenvalue weighted by atomic mass is 16.5. The number of anilines is 2. The van der Waals surface area contributed by atoms with Crippen molar-refractivity contribution in [2.45, 2.75) is 6.42 Å². The van der Waals surface area contributed by atoms with Crippen LogP contribution in [0.3, 0.4) is 0 Å². The molecule has 1 aliphatic heterocycles. The molecule has 1 fully saturated rings. The van der Waals surface area contributed by atoms with Crippen molar-refractivity contribution in [2.24, 2.45) is 0 Å². The van der Waals surface area contributed by atoms with Gasteiger partial charge in [-0.25, -0.2) is 0 Å². The van der Waals surface area contributed by atoms with E-state index in [1.165, 1.54) is 5.56 Å². The molecule has 1 N–H and O–H groups in total. The summed E-state index contributed by atoms with van der Waals surface area (Å²) in [5.41, 5.74) is 3.77. The van der Waals surface area contributed by atoms with Crippen LogP contribution in [0.25, 0.3) is 0 Å². The lowest BCUT2D eigenvalue weighted by Crippen LogP contribution is -2.37. The van der Waals surface area contributed by atoms with Gasteiger partial charge in [0.25, 0.3) is 5.91 Å². The number of morpholine rings is 1. The molecule has 0 aromatic heterocycles. The first kappa shape index (κ1) is 18.4. The number of amides is 1. The lowest BCUT2D eigenvalue weighted by Gasteiger charge is -2.26. The Labute approximate surface area is 155 Å². The third-order valence-electron chi connectivity index (χ3n) is 4.66. The molecule has 0 atom stereocenters. The molecule has 0 saturated carbocycles. The molecule has 3 rings (SSSR count). The third-order valence-corrected chi connectivity index (χ3v) is 4.66. The Kier molecular flexibility index (Phi) is 6.26. The second-order valence-electron chi connectivity index (χ2n) is 6.80. The molecule has 0 aliphatic carbocycles. The average Bonchev–Trinajstić information content (AvgIpc) is 2.68. The zero-order valence-electron chi connectivity index (χ0n) is 15.6. The molecule has 1 heterocycles. The fourth-order valence-electron chi connectivity index (χ4n) is 3.00. The van der Waals surface area contributed by atoms with E-state index < -0.39 is 0 Å². The molecule has 1 aliphatic rings. The van der Waals surface area contributed by atoms with Crippen LogP contribution in [0.1, 0.15) is 15.9 Å². The minimum atomic E-state index is -0.0882. The minimum absolute atomic E-state index is 0.0882. The fourth-order valence-corrected chi connectivity index (χ4v) is 3.00. The summed E-state index contributed by atoms with van der Waals surface area (Å²) >= 11 is 0. The number of hydrogen-bond donors (Lipinski definition) is 1. The molecular formula is C21H27N3O2. The van der Waals surface area contributed by atoms with Gasteiger partial charge in [-0.2, -0.15) is 0 Å². The second-order valence-corrected chi connectivity index (χ2v) is 6.80. The van der Waals surface area contributed by atoms with Gasteiger partial charge in [-0.3, -0.25) is 9.69 Å². The Balaban J connectivity index is 1.55. The predicted octanol–water partition coefficient (Wildman–Crippen LogP) is 2.88. The molecule has 2 aromatic rings. The summed E-state index contributed by atoms with van der Waals surface area (Å²) < 4.78 is 5.38. The minimum Gasteiger partial charge on any atom is -0.379 e. The molecular weight excluding hydrogens is 326 g/mol. The fraction of sp³-hybridized carbons (Fsp3) is 0.381. The summed E-state index contributed by atoms with van der Waals surface area (Å²) in [6, 6.07) is 15.7. The summed E-state index contributed by atoms with van der Waals surface area (Å²) in [6.45, 7) is 4.74. The molecule has 5 nitrogen and oxygen atoms in total. The third kappa shape index (κ3) is 5.07. The highest BCUT2D eigenvalue weighted by Crippen LogP contribution is 2.16.